The van der Waals surface area contributed by atoms with Gasteiger partial charge in [-0.1, -0.05) is 24.3 Å². The van der Waals surface area contributed by atoms with Crippen LogP contribution in [0.1, 0.15) is 39.5 Å². The van der Waals surface area contributed by atoms with Gasteiger partial charge in [-0.3, -0.25) is 0 Å². The van der Waals surface area contributed by atoms with E-state index in [9.17, 15) is 0 Å². The molecule has 0 unspecified atom stereocenters. The predicted octanol–water partition coefficient (Wildman–Crippen LogP) is 3.70. The summed E-state index contributed by atoms with van der Waals surface area (Å²) in [6, 6.07) is 17.4. The molecule has 4 aromatic rings. The van der Waals surface area contributed by atoms with Crippen molar-refractivity contribution in [2.75, 3.05) is 50.9 Å². The zero-order valence-electron chi connectivity index (χ0n) is 23.7. The molecule has 2 saturated heterocycles. The van der Waals surface area contributed by atoms with Crippen LogP contribution >= 0.6 is 0 Å². The number of benzene rings is 2. The van der Waals surface area contributed by atoms with Crippen LogP contribution in [-0.4, -0.2) is 98.8 Å². The zero-order valence-corrected chi connectivity index (χ0v) is 23.7. The molecular formula is C29H46N8O2. The van der Waals surface area contributed by atoms with E-state index in [-0.39, 0.29) is 11.6 Å². The number of aliphatic hydroxyl groups is 1. The fourth-order valence-electron chi connectivity index (χ4n) is 4.73. The Balaban J connectivity index is 0.000000186. The molecule has 0 atom stereocenters. The molecule has 2 aromatic carbocycles. The van der Waals surface area contributed by atoms with E-state index < -0.39 is 0 Å². The first-order valence-electron chi connectivity index (χ1n) is 13.8. The third kappa shape index (κ3) is 9.50. The number of aliphatic hydroxyl groups excluding tert-OH is 1. The molecule has 0 aliphatic carbocycles. The van der Waals surface area contributed by atoms with Gasteiger partial charge in [0.15, 0.2) is 0 Å². The van der Waals surface area contributed by atoms with Crippen molar-refractivity contribution < 1.29 is 10.6 Å². The highest BCUT2D eigenvalue weighted by Gasteiger charge is 2.18. The van der Waals surface area contributed by atoms with Crippen molar-refractivity contribution in [3.63, 3.8) is 0 Å². The molecule has 0 amide bonds. The molecule has 2 aromatic heterocycles. The summed E-state index contributed by atoms with van der Waals surface area (Å²) >= 11 is 0. The predicted molar refractivity (Wildman–Crippen MR) is 161 cm³/mol. The summed E-state index contributed by atoms with van der Waals surface area (Å²) in [7, 11) is 4.36. The molecule has 0 radical (unpaired) electrons. The Bertz CT molecular complexity index is 1080. The van der Waals surface area contributed by atoms with E-state index in [1.54, 1.807) is 13.8 Å². The molecule has 6 rings (SSSR count). The second-order valence-electron chi connectivity index (χ2n) is 10.7. The van der Waals surface area contributed by atoms with Gasteiger partial charge in [-0.2, -0.15) is 0 Å². The molecule has 2 fully saturated rings. The van der Waals surface area contributed by atoms with E-state index in [0.717, 1.165) is 60.1 Å². The van der Waals surface area contributed by atoms with Crippen LogP contribution < -0.4 is 10.6 Å². The van der Waals surface area contributed by atoms with E-state index >= 15 is 0 Å². The number of hydrogen-bond donors (Lipinski definition) is 5. The second kappa shape index (κ2) is 14.8. The number of hydrogen-bond acceptors (Lipinski definition) is 7. The number of aromatic nitrogens is 4. The summed E-state index contributed by atoms with van der Waals surface area (Å²) < 4.78 is 0. The molecule has 0 saturated carbocycles. The minimum atomic E-state index is -0.167. The van der Waals surface area contributed by atoms with Gasteiger partial charge in [0.2, 0.25) is 11.9 Å². The van der Waals surface area contributed by atoms with Gasteiger partial charge in [0, 0.05) is 18.2 Å². The largest absolute Gasteiger partial charge is 0.412 e. The highest BCUT2D eigenvalue weighted by Crippen LogP contribution is 2.18. The van der Waals surface area contributed by atoms with Gasteiger partial charge >= 0.3 is 0 Å². The third-order valence-electron chi connectivity index (χ3n) is 6.90. The minimum Gasteiger partial charge on any atom is -0.412 e. The van der Waals surface area contributed by atoms with Gasteiger partial charge in [0.25, 0.3) is 0 Å². The number of nitrogens with one attached hydrogen (secondary N) is 4. The summed E-state index contributed by atoms with van der Waals surface area (Å²) in [5.74, 6) is 1.81. The number of fused-ring (bicyclic) bond motifs is 2. The first-order valence-corrected chi connectivity index (χ1v) is 13.8. The van der Waals surface area contributed by atoms with Gasteiger partial charge in [-0.05, 0) is 104 Å². The summed E-state index contributed by atoms with van der Waals surface area (Å²) in [5, 5.41) is 15.1. The van der Waals surface area contributed by atoms with E-state index in [1.165, 1.54) is 25.7 Å². The molecule has 7 N–H and O–H groups in total. The molecule has 214 valence electrons. The van der Waals surface area contributed by atoms with Crippen LogP contribution in [0, 0.1) is 0 Å². The maximum Gasteiger partial charge on any atom is 0.201 e. The fraction of sp³-hybridized carbons (Fsp3) is 0.517. The maximum absolute atomic E-state index is 8.06. The first-order chi connectivity index (χ1) is 18.4. The number of rotatable bonds is 4. The lowest BCUT2D eigenvalue weighted by Gasteiger charge is -2.29. The van der Waals surface area contributed by atoms with Gasteiger partial charge in [-0.15, -0.1) is 0 Å². The summed E-state index contributed by atoms with van der Waals surface area (Å²) in [6.07, 6.45) is 4.59. The first kappa shape index (κ1) is 30.4. The highest BCUT2D eigenvalue weighted by molar-refractivity contribution is 5.77. The average molecular weight is 539 g/mol. The summed E-state index contributed by atoms with van der Waals surface area (Å²) in [4.78, 5) is 20.5. The van der Waals surface area contributed by atoms with E-state index in [4.69, 9.17) is 5.11 Å². The lowest BCUT2D eigenvalue weighted by Crippen LogP contribution is -2.36. The van der Waals surface area contributed by atoms with Crippen molar-refractivity contribution in [3.8, 4) is 0 Å². The van der Waals surface area contributed by atoms with E-state index in [2.05, 4.69) is 66.6 Å². The molecule has 4 heterocycles. The van der Waals surface area contributed by atoms with Crippen molar-refractivity contribution in [2.45, 2.75) is 57.7 Å². The Labute approximate surface area is 231 Å². The Kier molecular flexibility index (Phi) is 11.5. The zero-order chi connectivity index (χ0) is 26.9. The van der Waals surface area contributed by atoms with Crippen LogP contribution in [0.25, 0.3) is 22.1 Å². The molecule has 39 heavy (non-hydrogen) atoms. The van der Waals surface area contributed by atoms with Crippen LogP contribution in [0.15, 0.2) is 48.5 Å². The maximum atomic E-state index is 8.06. The number of nitrogens with zero attached hydrogens (tertiary/aromatic N) is 4. The lowest BCUT2D eigenvalue weighted by molar-refractivity contribution is 0.216. The molecular weight excluding hydrogens is 492 g/mol. The van der Waals surface area contributed by atoms with Crippen molar-refractivity contribution in [3.05, 3.63) is 48.5 Å². The number of H-pyrrole nitrogens is 2. The van der Waals surface area contributed by atoms with Crippen molar-refractivity contribution >= 4 is 34.0 Å². The van der Waals surface area contributed by atoms with Crippen LogP contribution in [0.3, 0.4) is 0 Å². The number of imidazole rings is 2. The molecule has 0 bridgehead atoms. The molecule has 2 aliphatic heterocycles. The van der Waals surface area contributed by atoms with Crippen LogP contribution in [0.2, 0.25) is 0 Å². The fourth-order valence-corrected chi connectivity index (χ4v) is 4.73. The molecule has 10 nitrogen and oxygen atoms in total. The smallest absolute Gasteiger partial charge is 0.201 e. The summed E-state index contributed by atoms with van der Waals surface area (Å²) in [5.41, 5.74) is 4.26. The topological polar surface area (TPSA) is 140 Å². The van der Waals surface area contributed by atoms with Gasteiger partial charge < -0.3 is 41.0 Å². The van der Waals surface area contributed by atoms with Crippen molar-refractivity contribution in [2.24, 2.45) is 0 Å². The molecule has 10 heteroatoms. The van der Waals surface area contributed by atoms with Gasteiger partial charge in [-0.25, -0.2) is 9.97 Å². The van der Waals surface area contributed by atoms with E-state index in [0.29, 0.717) is 12.1 Å². The van der Waals surface area contributed by atoms with Crippen LogP contribution in [-0.2, 0) is 0 Å². The number of anilines is 2. The summed E-state index contributed by atoms with van der Waals surface area (Å²) in [6.45, 7) is 8.10. The van der Waals surface area contributed by atoms with E-state index in [1.807, 2.05) is 36.4 Å². The molecule has 0 spiro atoms. The Morgan fingerprint density at radius 3 is 1.38 bits per heavy atom. The quantitative estimate of drug-likeness (QED) is 0.267. The number of aromatic amines is 2. The number of piperidine rings is 2. The second-order valence-corrected chi connectivity index (χ2v) is 10.7. The minimum absolute atomic E-state index is 0. The number of para-hydroxylation sites is 4. The Hall–Kier alpha value is -3.18. The highest BCUT2D eigenvalue weighted by atomic mass is 16.3. The third-order valence-corrected chi connectivity index (χ3v) is 6.90. The number of likely N-dealkylation sites (tertiary alicyclic amines) is 2. The van der Waals surface area contributed by atoms with Crippen molar-refractivity contribution in [1.29, 1.82) is 0 Å². The van der Waals surface area contributed by atoms with Gasteiger partial charge in [0.05, 0.1) is 22.1 Å². The van der Waals surface area contributed by atoms with Crippen molar-refractivity contribution in [1.82, 2.24) is 29.7 Å². The SMILES string of the molecule is CC(C)O.CN1CCC(Nc2nc3ccccc3[nH]2)CC1.CN1CCC(Nc2nc3ccccc3[nH]2)CC1.O. The Morgan fingerprint density at radius 1 is 0.718 bits per heavy atom. The lowest BCUT2D eigenvalue weighted by atomic mass is 10.1. The van der Waals surface area contributed by atoms with Crippen LogP contribution in [0.5, 0.6) is 0 Å². The van der Waals surface area contributed by atoms with Gasteiger partial charge in [0.1, 0.15) is 0 Å². The van der Waals surface area contributed by atoms with Crippen LogP contribution in [0.4, 0.5) is 11.9 Å². The standard InChI is InChI=1S/2C13H18N4.C3H8O.H2O/c2*1-17-8-6-10(7-9-17)14-13-15-11-4-2-3-5-12(11)16-13;1-3(2)4;/h2*2-5,10H,6-9H2,1H3,(H2,14,15,16);3-4H,1-2H3;1H2. The molecule has 2 aliphatic rings. The monoisotopic (exact) mass is 538 g/mol. The average Bonchev–Trinajstić information content (AvgIpc) is 3.50. The Morgan fingerprint density at radius 2 is 1.05 bits per heavy atom. The normalized spacial score (nSPS) is 17.2.